The Morgan fingerprint density at radius 3 is 2.42 bits per heavy atom. The Hall–Kier alpha value is -3.01. The van der Waals surface area contributed by atoms with Gasteiger partial charge in [-0.3, -0.25) is 4.99 Å². The summed E-state index contributed by atoms with van der Waals surface area (Å²) in [4.78, 5) is 8.58. The van der Waals surface area contributed by atoms with E-state index < -0.39 is 0 Å². The molecule has 8 heteroatoms. The molecular formula is C23H27IN4O3. The molecule has 164 valence electrons. The minimum absolute atomic E-state index is 0. The molecule has 0 saturated carbocycles. The van der Waals surface area contributed by atoms with E-state index in [4.69, 9.17) is 14.2 Å². The maximum absolute atomic E-state index is 5.76. The molecule has 7 nitrogen and oxygen atoms in total. The molecule has 0 saturated heterocycles. The van der Waals surface area contributed by atoms with Crippen LogP contribution in [0.3, 0.4) is 0 Å². The molecule has 1 aromatic heterocycles. The van der Waals surface area contributed by atoms with Gasteiger partial charge in [0.05, 0.1) is 13.7 Å². The number of halogens is 1. The summed E-state index contributed by atoms with van der Waals surface area (Å²) in [6, 6.07) is 20.9. The van der Waals surface area contributed by atoms with Crippen LogP contribution in [0.25, 0.3) is 0 Å². The van der Waals surface area contributed by atoms with Crippen molar-refractivity contribution in [1.29, 1.82) is 0 Å². The Kier molecular flexibility index (Phi) is 10.4. The molecule has 0 unspecified atom stereocenters. The molecule has 3 rings (SSSR count). The molecule has 0 aliphatic heterocycles. The molecule has 0 aliphatic carbocycles. The molecule has 3 aromatic rings. The van der Waals surface area contributed by atoms with Gasteiger partial charge in [-0.25, -0.2) is 4.98 Å². The molecule has 0 atom stereocenters. The van der Waals surface area contributed by atoms with Crippen molar-refractivity contribution >= 4 is 29.9 Å². The monoisotopic (exact) mass is 534 g/mol. The van der Waals surface area contributed by atoms with Crippen molar-refractivity contribution in [3.63, 3.8) is 0 Å². The summed E-state index contributed by atoms with van der Waals surface area (Å²) in [6.07, 6.45) is 1.77. The van der Waals surface area contributed by atoms with E-state index in [1.165, 1.54) is 0 Å². The van der Waals surface area contributed by atoms with Crippen LogP contribution in [0.15, 0.2) is 77.9 Å². The van der Waals surface area contributed by atoms with Crippen molar-refractivity contribution in [2.45, 2.75) is 6.54 Å². The lowest BCUT2D eigenvalue weighted by atomic mass is 10.3. The number of pyridine rings is 1. The Labute approximate surface area is 199 Å². The maximum atomic E-state index is 5.76. The SMILES string of the molecule is CN=C(NCCOc1ccccc1)NCc1ccc(Oc2cccc(OC)c2)nc1.I. The number of hydrogen-bond donors (Lipinski definition) is 2. The van der Waals surface area contributed by atoms with Gasteiger partial charge in [-0.2, -0.15) is 0 Å². The number of aromatic nitrogens is 1. The summed E-state index contributed by atoms with van der Waals surface area (Å²) in [5.41, 5.74) is 1.01. The van der Waals surface area contributed by atoms with E-state index in [-0.39, 0.29) is 24.0 Å². The zero-order valence-corrected chi connectivity index (χ0v) is 19.9. The van der Waals surface area contributed by atoms with Crippen LogP contribution >= 0.6 is 24.0 Å². The zero-order chi connectivity index (χ0) is 21.0. The van der Waals surface area contributed by atoms with Gasteiger partial charge in [0.2, 0.25) is 5.88 Å². The van der Waals surface area contributed by atoms with Crippen LogP contribution < -0.4 is 24.8 Å². The molecule has 0 fully saturated rings. The normalized spacial score (nSPS) is 10.6. The number of ether oxygens (including phenoxy) is 3. The van der Waals surface area contributed by atoms with Crippen molar-refractivity contribution in [2.24, 2.45) is 4.99 Å². The van der Waals surface area contributed by atoms with Gasteiger partial charge in [0.1, 0.15) is 23.9 Å². The topological polar surface area (TPSA) is 77.0 Å². The number of rotatable bonds is 9. The molecule has 0 aliphatic rings. The average molecular weight is 534 g/mol. The van der Waals surface area contributed by atoms with Crippen LogP contribution in [0.2, 0.25) is 0 Å². The molecule has 0 radical (unpaired) electrons. The molecule has 0 bridgehead atoms. The first-order valence-electron chi connectivity index (χ1n) is 9.66. The highest BCUT2D eigenvalue weighted by molar-refractivity contribution is 14.0. The summed E-state index contributed by atoms with van der Waals surface area (Å²) in [7, 11) is 3.36. The third kappa shape index (κ3) is 8.33. The van der Waals surface area contributed by atoms with Crippen molar-refractivity contribution in [2.75, 3.05) is 27.3 Å². The van der Waals surface area contributed by atoms with E-state index in [1.807, 2.05) is 66.7 Å². The fourth-order valence-corrected chi connectivity index (χ4v) is 2.62. The van der Waals surface area contributed by atoms with Gasteiger partial charge >= 0.3 is 0 Å². The number of nitrogens with one attached hydrogen (secondary N) is 2. The highest BCUT2D eigenvalue weighted by Crippen LogP contribution is 2.23. The summed E-state index contributed by atoms with van der Waals surface area (Å²) in [5, 5.41) is 6.48. The number of benzene rings is 2. The Morgan fingerprint density at radius 1 is 0.935 bits per heavy atom. The van der Waals surface area contributed by atoms with Crippen LogP contribution in [0.4, 0.5) is 0 Å². The van der Waals surface area contributed by atoms with E-state index in [0.717, 1.165) is 17.1 Å². The first kappa shape index (κ1) is 24.3. The standard InChI is InChI=1S/C23H26N4O3.HI/c1-24-23(25-13-14-29-19-7-4-3-5-8-19)27-17-18-11-12-22(26-16-18)30-21-10-6-9-20(15-21)28-2;/h3-12,15-16H,13-14,17H2,1-2H3,(H2,24,25,27);1H. The predicted octanol–water partition coefficient (Wildman–Crippen LogP) is 4.24. The van der Waals surface area contributed by atoms with Gasteiger partial charge in [-0.1, -0.05) is 30.3 Å². The number of methoxy groups -OCH3 is 1. The van der Waals surface area contributed by atoms with Gasteiger partial charge in [-0.05, 0) is 29.8 Å². The predicted molar refractivity (Wildman–Crippen MR) is 133 cm³/mol. The maximum Gasteiger partial charge on any atom is 0.219 e. The Morgan fingerprint density at radius 2 is 1.71 bits per heavy atom. The van der Waals surface area contributed by atoms with Crippen LogP contribution in [-0.4, -0.2) is 38.3 Å². The lowest BCUT2D eigenvalue weighted by molar-refractivity contribution is 0.322. The fourth-order valence-electron chi connectivity index (χ4n) is 2.62. The van der Waals surface area contributed by atoms with E-state index in [9.17, 15) is 0 Å². The van der Waals surface area contributed by atoms with E-state index >= 15 is 0 Å². The molecule has 2 aromatic carbocycles. The molecule has 1 heterocycles. The number of para-hydroxylation sites is 1. The molecule has 2 N–H and O–H groups in total. The second-order valence-corrected chi connectivity index (χ2v) is 6.30. The zero-order valence-electron chi connectivity index (χ0n) is 17.6. The smallest absolute Gasteiger partial charge is 0.219 e. The van der Waals surface area contributed by atoms with E-state index in [2.05, 4.69) is 20.6 Å². The third-order valence-electron chi connectivity index (χ3n) is 4.15. The summed E-state index contributed by atoms with van der Waals surface area (Å²) in [6.45, 7) is 1.77. The van der Waals surface area contributed by atoms with Gasteiger partial charge < -0.3 is 24.8 Å². The molecule has 31 heavy (non-hydrogen) atoms. The van der Waals surface area contributed by atoms with Crippen molar-refractivity contribution < 1.29 is 14.2 Å². The van der Waals surface area contributed by atoms with Crippen molar-refractivity contribution in [3.8, 4) is 23.1 Å². The summed E-state index contributed by atoms with van der Waals surface area (Å²) in [5.74, 6) is 3.48. The Bertz CT molecular complexity index is 937. The number of guanidine groups is 1. The van der Waals surface area contributed by atoms with Gasteiger partial charge in [0, 0.05) is 31.9 Å². The largest absolute Gasteiger partial charge is 0.497 e. The van der Waals surface area contributed by atoms with Gasteiger partial charge in [0.15, 0.2) is 5.96 Å². The summed E-state index contributed by atoms with van der Waals surface area (Å²) < 4.78 is 16.6. The fraction of sp³-hybridized carbons (Fsp3) is 0.217. The highest BCUT2D eigenvalue weighted by atomic mass is 127. The molecular weight excluding hydrogens is 507 g/mol. The lowest BCUT2D eigenvalue weighted by Crippen LogP contribution is -2.38. The van der Waals surface area contributed by atoms with Crippen LogP contribution in [0.1, 0.15) is 5.56 Å². The highest BCUT2D eigenvalue weighted by Gasteiger charge is 2.03. The average Bonchev–Trinajstić information content (AvgIpc) is 2.80. The number of hydrogen-bond acceptors (Lipinski definition) is 5. The van der Waals surface area contributed by atoms with Gasteiger partial charge in [-0.15, -0.1) is 24.0 Å². The Balaban J connectivity index is 0.00000341. The first-order chi connectivity index (χ1) is 14.8. The quantitative estimate of drug-likeness (QED) is 0.185. The van der Waals surface area contributed by atoms with Gasteiger partial charge in [0.25, 0.3) is 0 Å². The third-order valence-corrected chi connectivity index (χ3v) is 4.15. The van der Waals surface area contributed by atoms with Crippen LogP contribution in [0, 0.1) is 0 Å². The minimum Gasteiger partial charge on any atom is -0.497 e. The van der Waals surface area contributed by atoms with Crippen LogP contribution in [0.5, 0.6) is 23.1 Å². The minimum atomic E-state index is 0. The molecule has 0 spiro atoms. The van der Waals surface area contributed by atoms with Crippen molar-refractivity contribution in [1.82, 2.24) is 15.6 Å². The number of aliphatic imine (C=N–C) groups is 1. The first-order valence-corrected chi connectivity index (χ1v) is 9.66. The second-order valence-electron chi connectivity index (χ2n) is 6.30. The number of nitrogens with zero attached hydrogens (tertiary/aromatic N) is 2. The molecule has 0 amide bonds. The van der Waals surface area contributed by atoms with E-state index in [1.54, 1.807) is 20.4 Å². The lowest BCUT2D eigenvalue weighted by Gasteiger charge is -2.13. The van der Waals surface area contributed by atoms with E-state index in [0.29, 0.717) is 37.3 Å². The summed E-state index contributed by atoms with van der Waals surface area (Å²) >= 11 is 0. The second kappa shape index (κ2) is 13.3. The van der Waals surface area contributed by atoms with Crippen LogP contribution in [-0.2, 0) is 6.54 Å². The van der Waals surface area contributed by atoms with Crippen molar-refractivity contribution in [3.05, 3.63) is 78.5 Å².